The van der Waals surface area contributed by atoms with E-state index in [0.29, 0.717) is 6.54 Å². The van der Waals surface area contributed by atoms with Crippen LogP contribution in [0.25, 0.3) is 5.69 Å². The molecule has 0 radical (unpaired) electrons. The molecule has 3 aromatic rings. The van der Waals surface area contributed by atoms with E-state index in [1.807, 2.05) is 48.1 Å². The topological polar surface area (TPSA) is 50.2 Å². The Labute approximate surface area is 160 Å². The van der Waals surface area contributed by atoms with Crippen molar-refractivity contribution in [1.29, 1.82) is 0 Å². The third kappa shape index (κ3) is 5.28. The van der Waals surface area contributed by atoms with E-state index in [-0.39, 0.29) is 5.91 Å². The molecule has 0 fully saturated rings. The molecule has 1 amide bonds. The Bertz CT molecular complexity index is 856. The van der Waals surface area contributed by atoms with Gasteiger partial charge in [0.2, 0.25) is 5.91 Å². The Morgan fingerprint density at radius 1 is 1.11 bits per heavy atom. The van der Waals surface area contributed by atoms with Crippen LogP contribution in [0, 0.1) is 6.92 Å². The predicted octanol–water partition coefficient (Wildman–Crippen LogP) is 4.03. The molecule has 0 unspecified atom stereocenters. The SMILES string of the molecule is CCCN(CC(=O)Nc1ccccc1C)Cc1ccc(-n2cccn2)cc1. The van der Waals surface area contributed by atoms with Crippen LogP contribution in [0.2, 0.25) is 0 Å². The number of rotatable bonds is 8. The number of benzene rings is 2. The molecule has 5 heteroatoms. The maximum atomic E-state index is 12.5. The monoisotopic (exact) mass is 362 g/mol. The molecule has 1 N–H and O–H groups in total. The number of hydrogen-bond donors (Lipinski definition) is 1. The summed E-state index contributed by atoms with van der Waals surface area (Å²) >= 11 is 0. The lowest BCUT2D eigenvalue weighted by Crippen LogP contribution is -2.33. The van der Waals surface area contributed by atoms with E-state index in [2.05, 4.69) is 46.5 Å². The lowest BCUT2D eigenvalue weighted by molar-refractivity contribution is -0.117. The number of carbonyl (C=O) groups is 1. The predicted molar refractivity (Wildman–Crippen MR) is 109 cm³/mol. The Hall–Kier alpha value is -2.92. The zero-order valence-electron chi connectivity index (χ0n) is 15.9. The van der Waals surface area contributed by atoms with Gasteiger partial charge in [-0.15, -0.1) is 0 Å². The van der Waals surface area contributed by atoms with E-state index in [1.165, 1.54) is 5.56 Å². The minimum Gasteiger partial charge on any atom is -0.325 e. The molecular formula is C22H26N4O. The molecule has 2 aromatic carbocycles. The van der Waals surface area contributed by atoms with E-state index in [9.17, 15) is 4.79 Å². The first-order valence-electron chi connectivity index (χ1n) is 9.32. The summed E-state index contributed by atoms with van der Waals surface area (Å²) in [6, 6.07) is 18.1. The van der Waals surface area contributed by atoms with E-state index >= 15 is 0 Å². The number of para-hydroxylation sites is 1. The van der Waals surface area contributed by atoms with Crippen LogP contribution in [0.1, 0.15) is 24.5 Å². The van der Waals surface area contributed by atoms with Crippen LogP contribution in [0.3, 0.4) is 0 Å². The zero-order valence-corrected chi connectivity index (χ0v) is 15.9. The van der Waals surface area contributed by atoms with E-state index in [1.54, 1.807) is 6.20 Å². The van der Waals surface area contributed by atoms with Crippen molar-refractivity contribution < 1.29 is 4.79 Å². The van der Waals surface area contributed by atoms with Gasteiger partial charge in [0.15, 0.2) is 0 Å². The third-order valence-electron chi connectivity index (χ3n) is 4.44. The highest BCUT2D eigenvalue weighted by Crippen LogP contribution is 2.14. The molecule has 5 nitrogen and oxygen atoms in total. The maximum absolute atomic E-state index is 12.5. The van der Waals surface area contributed by atoms with Gasteiger partial charge < -0.3 is 5.32 Å². The number of nitrogens with one attached hydrogen (secondary N) is 1. The first-order chi connectivity index (χ1) is 13.2. The summed E-state index contributed by atoms with van der Waals surface area (Å²) in [6.07, 6.45) is 4.70. The van der Waals surface area contributed by atoms with E-state index in [4.69, 9.17) is 0 Å². The second-order valence-electron chi connectivity index (χ2n) is 6.69. The molecule has 0 atom stereocenters. The smallest absolute Gasteiger partial charge is 0.238 e. The number of aromatic nitrogens is 2. The van der Waals surface area contributed by atoms with Crippen LogP contribution in [-0.2, 0) is 11.3 Å². The number of hydrogen-bond acceptors (Lipinski definition) is 3. The third-order valence-corrected chi connectivity index (χ3v) is 4.44. The van der Waals surface area contributed by atoms with Gasteiger partial charge in [-0.05, 0) is 55.3 Å². The summed E-state index contributed by atoms with van der Waals surface area (Å²) < 4.78 is 1.84. The number of amides is 1. The highest BCUT2D eigenvalue weighted by molar-refractivity contribution is 5.92. The molecule has 0 spiro atoms. The second-order valence-corrected chi connectivity index (χ2v) is 6.69. The molecule has 27 heavy (non-hydrogen) atoms. The van der Waals surface area contributed by atoms with Crippen LogP contribution < -0.4 is 5.32 Å². The molecule has 0 aliphatic carbocycles. The zero-order chi connectivity index (χ0) is 19.1. The van der Waals surface area contributed by atoms with Crippen molar-refractivity contribution in [2.45, 2.75) is 26.8 Å². The van der Waals surface area contributed by atoms with Crippen LogP contribution in [0.4, 0.5) is 5.69 Å². The lowest BCUT2D eigenvalue weighted by Gasteiger charge is -2.21. The van der Waals surface area contributed by atoms with Crippen LogP contribution in [-0.4, -0.2) is 33.7 Å². The van der Waals surface area contributed by atoms with Gasteiger partial charge in [0, 0.05) is 24.6 Å². The van der Waals surface area contributed by atoms with Gasteiger partial charge in [-0.25, -0.2) is 4.68 Å². The summed E-state index contributed by atoms with van der Waals surface area (Å²) in [5.41, 5.74) is 4.16. The van der Waals surface area contributed by atoms with Crippen LogP contribution >= 0.6 is 0 Å². The lowest BCUT2D eigenvalue weighted by atomic mass is 10.2. The molecule has 140 valence electrons. The van der Waals surface area contributed by atoms with Gasteiger partial charge in [-0.2, -0.15) is 5.10 Å². The fraction of sp³-hybridized carbons (Fsp3) is 0.273. The minimum atomic E-state index is 0.0194. The van der Waals surface area contributed by atoms with Gasteiger partial charge in [0.25, 0.3) is 0 Å². The van der Waals surface area contributed by atoms with Crippen molar-refractivity contribution in [1.82, 2.24) is 14.7 Å². The fourth-order valence-electron chi connectivity index (χ4n) is 3.07. The standard InChI is InChI=1S/C22H26N4O/c1-3-14-25(17-22(27)24-21-8-5-4-7-18(21)2)16-19-9-11-20(12-10-19)26-15-6-13-23-26/h4-13,15H,3,14,16-17H2,1-2H3,(H,24,27). The van der Waals surface area contributed by atoms with E-state index < -0.39 is 0 Å². The maximum Gasteiger partial charge on any atom is 0.238 e. The Morgan fingerprint density at radius 2 is 1.89 bits per heavy atom. The van der Waals surface area contributed by atoms with Crippen molar-refractivity contribution in [2.75, 3.05) is 18.4 Å². The largest absolute Gasteiger partial charge is 0.325 e. The van der Waals surface area contributed by atoms with Gasteiger partial charge in [-0.3, -0.25) is 9.69 Å². The molecule has 0 aliphatic heterocycles. The molecule has 0 bridgehead atoms. The molecule has 0 aliphatic rings. The Kier molecular flexibility index (Phi) is 6.39. The second kappa shape index (κ2) is 9.14. The summed E-state index contributed by atoms with van der Waals surface area (Å²) in [5.74, 6) is 0.0194. The van der Waals surface area contributed by atoms with Crippen LogP contribution in [0.15, 0.2) is 67.0 Å². The number of carbonyl (C=O) groups excluding carboxylic acids is 1. The summed E-state index contributed by atoms with van der Waals surface area (Å²) in [6.45, 7) is 6.13. The fourth-order valence-corrected chi connectivity index (χ4v) is 3.07. The van der Waals surface area contributed by atoms with Gasteiger partial charge in [-0.1, -0.05) is 37.3 Å². The number of anilines is 1. The quantitative estimate of drug-likeness (QED) is 0.658. The number of aryl methyl sites for hydroxylation is 1. The van der Waals surface area contributed by atoms with Crippen molar-refractivity contribution in [3.05, 3.63) is 78.1 Å². The summed E-state index contributed by atoms with van der Waals surface area (Å²) in [7, 11) is 0. The van der Waals surface area contributed by atoms with E-state index in [0.717, 1.165) is 36.4 Å². The molecule has 0 saturated carbocycles. The van der Waals surface area contributed by atoms with Crippen molar-refractivity contribution in [2.24, 2.45) is 0 Å². The Morgan fingerprint density at radius 3 is 2.56 bits per heavy atom. The van der Waals surface area contributed by atoms with Crippen LogP contribution in [0.5, 0.6) is 0 Å². The normalized spacial score (nSPS) is 10.9. The molecular weight excluding hydrogens is 336 g/mol. The highest BCUT2D eigenvalue weighted by atomic mass is 16.2. The van der Waals surface area contributed by atoms with Crippen molar-refractivity contribution in [3.63, 3.8) is 0 Å². The highest BCUT2D eigenvalue weighted by Gasteiger charge is 2.12. The number of nitrogens with zero attached hydrogens (tertiary/aromatic N) is 3. The summed E-state index contributed by atoms with van der Waals surface area (Å²) in [4.78, 5) is 14.7. The first kappa shape index (κ1) is 18.9. The average Bonchev–Trinajstić information content (AvgIpc) is 3.19. The van der Waals surface area contributed by atoms with Crippen molar-refractivity contribution in [3.8, 4) is 5.69 Å². The first-order valence-corrected chi connectivity index (χ1v) is 9.32. The Balaban J connectivity index is 1.61. The summed E-state index contributed by atoms with van der Waals surface area (Å²) in [5, 5.41) is 7.27. The minimum absolute atomic E-state index is 0.0194. The van der Waals surface area contributed by atoms with Crippen molar-refractivity contribution >= 4 is 11.6 Å². The molecule has 1 aromatic heterocycles. The molecule has 1 heterocycles. The molecule has 3 rings (SSSR count). The molecule has 0 saturated heterocycles. The van der Waals surface area contributed by atoms with Gasteiger partial charge in [0.05, 0.1) is 12.2 Å². The van der Waals surface area contributed by atoms with Gasteiger partial charge >= 0.3 is 0 Å². The van der Waals surface area contributed by atoms with Gasteiger partial charge in [0.1, 0.15) is 0 Å². The average molecular weight is 362 g/mol.